The van der Waals surface area contributed by atoms with Gasteiger partial charge >= 0.3 is 6.09 Å². The Kier molecular flexibility index (Phi) is 3.98. The lowest BCUT2D eigenvalue weighted by atomic mass is 10.1. The number of nitrogen functional groups attached to an aromatic ring is 1. The third-order valence-corrected chi connectivity index (χ3v) is 2.31. The molecule has 1 aliphatic heterocycles. The first kappa shape index (κ1) is 12.6. The van der Waals surface area contributed by atoms with Crippen LogP contribution in [0.2, 0.25) is 0 Å². The number of nitrogens with one attached hydrogen (secondary N) is 1. The number of rotatable bonds is 1. The molecule has 0 saturated carbocycles. The van der Waals surface area contributed by atoms with Crippen molar-refractivity contribution in [1.29, 1.82) is 0 Å². The highest BCUT2D eigenvalue weighted by atomic mass is 35.5. The van der Waals surface area contributed by atoms with Gasteiger partial charge in [-0.25, -0.2) is 4.79 Å². The standard InChI is InChI=1S/C6H5N.C4H7NO3.ClH/c7-6-3-4-1-2-5(4)6;6-2-3-1-5-4(7)8-3;/h1-3H,7H2;3,6H,1-2H2,(H,5,7);1H. The van der Waals surface area contributed by atoms with E-state index in [0.29, 0.717) is 6.54 Å². The topological polar surface area (TPSA) is 84.6 Å². The molecule has 0 aromatic rings. The van der Waals surface area contributed by atoms with E-state index < -0.39 is 6.09 Å². The number of halogens is 1. The van der Waals surface area contributed by atoms with Gasteiger partial charge in [-0.1, -0.05) is 12.1 Å². The van der Waals surface area contributed by atoms with E-state index >= 15 is 0 Å². The van der Waals surface area contributed by atoms with Crippen LogP contribution >= 0.6 is 12.4 Å². The van der Waals surface area contributed by atoms with Gasteiger partial charge in [0, 0.05) is 10.9 Å². The summed E-state index contributed by atoms with van der Waals surface area (Å²) in [7, 11) is 0. The third-order valence-electron chi connectivity index (χ3n) is 2.31. The van der Waals surface area contributed by atoms with Crippen LogP contribution in [-0.2, 0) is 4.74 Å². The molecule has 3 aliphatic rings. The van der Waals surface area contributed by atoms with Gasteiger partial charge in [0.2, 0.25) is 0 Å². The van der Waals surface area contributed by atoms with Crippen molar-refractivity contribution in [3.63, 3.8) is 0 Å². The molecule has 0 aromatic heterocycles. The summed E-state index contributed by atoms with van der Waals surface area (Å²) in [5.74, 6) is 0. The summed E-state index contributed by atoms with van der Waals surface area (Å²) in [6.07, 6.45) is -0.772. The van der Waals surface area contributed by atoms with Gasteiger partial charge in [-0.15, -0.1) is 12.4 Å². The zero-order chi connectivity index (χ0) is 10.8. The molecule has 1 unspecified atom stereocenters. The molecule has 0 radical (unpaired) electrons. The lowest BCUT2D eigenvalue weighted by Gasteiger charge is -2.03. The van der Waals surface area contributed by atoms with Crippen molar-refractivity contribution >= 4 is 24.2 Å². The number of amides is 1. The van der Waals surface area contributed by atoms with Gasteiger partial charge in [-0.3, -0.25) is 0 Å². The number of ether oxygens (including phenoxy) is 1. The average molecular weight is 245 g/mol. The maximum Gasteiger partial charge on any atom is 0.407 e. The minimum Gasteiger partial charge on any atom is -0.442 e. The normalized spacial score (nSPS) is 18.6. The zero-order valence-corrected chi connectivity index (χ0v) is 9.29. The Balaban J connectivity index is 0.000000151. The first-order chi connectivity index (χ1) is 7.20. The summed E-state index contributed by atoms with van der Waals surface area (Å²) in [6, 6.07) is 6.08. The number of aliphatic hydroxyl groups is 1. The molecule has 0 spiro atoms. The van der Waals surface area contributed by atoms with Gasteiger partial charge in [0.1, 0.15) is 6.10 Å². The molecule has 3 rings (SSSR count). The van der Waals surface area contributed by atoms with Crippen molar-refractivity contribution in [3.8, 4) is 0 Å². The fourth-order valence-electron chi connectivity index (χ4n) is 1.35. The number of aliphatic hydroxyl groups excluding tert-OH is 1. The second kappa shape index (κ2) is 5.05. The average Bonchev–Trinajstić information content (AvgIpc) is 2.61. The van der Waals surface area contributed by atoms with Crippen molar-refractivity contribution in [2.24, 2.45) is 0 Å². The summed E-state index contributed by atoms with van der Waals surface area (Å²) in [5, 5.41) is 13.3. The highest BCUT2D eigenvalue weighted by molar-refractivity contribution is 5.85. The van der Waals surface area contributed by atoms with Crippen molar-refractivity contribution < 1.29 is 14.6 Å². The van der Waals surface area contributed by atoms with Crippen LogP contribution in [-0.4, -0.2) is 30.5 Å². The number of benzene rings is 1. The Morgan fingerprint density at radius 2 is 2.31 bits per heavy atom. The summed E-state index contributed by atoms with van der Waals surface area (Å²) < 4.78 is 4.51. The monoisotopic (exact) mass is 244 g/mol. The number of carbonyl (C=O) groups excluding carboxylic acids is 1. The molecule has 1 atom stereocenters. The number of carbonyl (C=O) groups is 1. The fraction of sp³-hybridized carbons (Fsp3) is 0.300. The van der Waals surface area contributed by atoms with E-state index in [1.54, 1.807) is 0 Å². The second-order valence-corrected chi connectivity index (χ2v) is 3.39. The smallest absolute Gasteiger partial charge is 0.407 e. The highest BCUT2D eigenvalue weighted by Crippen LogP contribution is 2.16. The number of alkyl carbamates (subject to hydrolysis) is 1. The van der Waals surface area contributed by atoms with Crippen molar-refractivity contribution in [2.45, 2.75) is 6.10 Å². The molecular weight excluding hydrogens is 232 g/mol. The predicted octanol–water partition coefficient (Wildman–Crippen LogP) is 0.378. The first-order valence-electron chi connectivity index (χ1n) is 4.66. The van der Waals surface area contributed by atoms with E-state index in [1.165, 1.54) is 10.4 Å². The maximum absolute atomic E-state index is 10.2. The van der Waals surface area contributed by atoms with E-state index in [2.05, 4.69) is 16.1 Å². The largest absolute Gasteiger partial charge is 0.442 e. The molecule has 1 saturated heterocycles. The Hall–Kier alpha value is -1.46. The van der Waals surface area contributed by atoms with Gasteiger partial charge in [0.25, 0.3) is 0 Å². The molecule has 2 aliphatic carbocycles. The summed E-state index contributed by atoms with van der Waals surface area (Å²) in [5.41, 5.74) is 6.36. The van der Waals surface area contributed by atoms with Crippen LogP contribution < -0.4 is 11.1 Å². The summed E-state index contributed by atoms with van der Waals surface area (Å²) in [4.78, 5) is 10.2. The first-order valence-corrected chi connectivity index (χ1v) is 4.66. The summed E-state index contributed by atoms with van der Waals surface area (Å²) >= 11 is 0. The molecule has 6 heteroatoms. The van der Waals surface area contributed by atoms with Crippen LogP contribution in [0.4, 0.5) is 10.5 Å². The molecule has 1 amide bonds. The van der Waals surface area contributed by atoms with Gasteiger partial charge < -0.3 is 20.9 Å². The van der Waals surface area contributed by atoms with Gasteiger partial charge in [0.15, 0.2) is 0 Å². The highest BCUT2D eigenvalue weighted by Gasteiger charge is 2.20. The number of hydrogen-bond donors (Lipinski definition) is 3. The van der Waals surface area contributed by atoms with E-state index in [1.807, 2.05) is 12.1 Å². The molecule has 0 bridgehead atoms. The second-order valence-electron chi connectivity index (χ2n) is 3.39. The molecule has 88 valence electrons. The Bertz CT molecular complexity index is 477. The number of cyclic esters (lactones) is 1. The van der Waals surface area contributed by atoms with E-state index in [9.17, 15) is 4.79 Å². The molecular formula is C10H13ClN2O3. The number of hydrogen-bond acceptors (Lipinski definition) is 4. The lowest BCUT2D eigenvalue weighted by molar-refractivity contribution is 0.0961. The van der Waals surface area contributed by atoms with Crippen LogP contribution in [0.3, 0.4) is 0 Å². The predicted molar refractivity (Wildman–Crippen MR) is 61.1 cm³/mol. The van der Waals surface area contributed by atoms with Gasteiger partial charge in [0.05, 0.1) is 13.2 Å². The Morgan fingerprint density at radius 1 is 1.56 bits per heavy atom. The molecule has 1 fully saturated rings. The SMILES string of the molecule is Cl.Nc1cc2ccc1=2.O=C1NCC(CO)O1. The van der Waals surface area contributed by atoms with Crippen LogP contribution in [0.5, 0.6) is 0 Å². The van der Waals surface area contributed by atoms with E-state index in [0.717, 1.165) is 5.69 Å². The zero-order valence-electron chi connectivity index (χ0n) is 8.47. The fourth-order valence-corrected chi connectivity index (χ4v) is 1.35. The van der Waals surface area contributed by atoms with E-state index in [4.69, 9.17) is 10.8 Å². The van der Waals surface area contributed by atoms with Crippen molar-refractivity contribution in [3.05, 3.63) is 28.6 Å². The number of anilines is 1. The minimum atomic E-state index is -0.441. The molecule has 16 heavy (non-hydrogen) atoms. The van der Waals surface area contributed by atoms with Gasteiger partial charge in [-0.2, -0.15) is 0 Å². The molecule has 1 heterocycles. The summed E-state index contributed by atoms with van der Waals surface area (Å²) in [6.45, 7) is 0.327. The van der Waals surface area contributed by atoms with Crippen LogP contribution in [0.15, 0.2) is 18.2 Å². The molecule has 4 N–H and O–H groups in total. The van der Waals surface area contributed by atoms with Crippen molar-refractivity contribution in [1.82, 2.24) is 5.32 Å². The Labute approximate surface area is 98.3 Å². The minimum absolute atomic E-state index is 0. The van der Waals surface area contributed by atoms with Crippen LogP contribution in [0.1, 0.15) is 0 Å². The third kappa shape index (κ3) is 2.37. The quantitative estimate of drug-likeness (QED) is 0.633. The van der Waals surface area contributed by atoms with Gasteiger partial charge in [-0.05, 0) is 11.3 Å². The molecule has 0 aromatic carbocycles. The lowest BCUT2D eigenvalue weighted by Crippen LogP contribution is -2.17. The molecule has 5 nitrogen and oxygen atoms in total. The Morgan fingerprint density at radius 3 is 2.44 bits per heavy atom. The van der Waals surface area contributed by atoms with E-state index in [-0.39, 0.29) is 25.1 Å². The maximum atomic E-state index is 10.2. The van der Waals surface area contributed by atoms with Crippen molar-refractivity contribution in [2.75, 3.05) is 18.9 Å². The number of nitrogens with two attached hydrogens (primary N) is 1. The van der Waals surface area contributed by atoms with Crippen LogP contribution in [0, 0.1) is 10.4 Å². The van der Waals surface area contributed by atoms with Crippen LogP contribution in [0.25, 0.3) is 0 Å².